The van der Waals surface area contributed by atoms with Gasteiger partial charge in [-0.1, -0.05) is 12.0 Å². The number of anilines is 2. The predicted molar refractivity (Wildman–Crippen MR) is 156 cm³/mol. The molecule has 2 N–H and O–H groups in total. The van der Waals surface area contributed by atoms with E-state index in [1.807, 2.05) is 4.90 Å². The van der Waals surface area contributed by atoms with Gasteiger partial charge in [-0.2, -0.15) is 9.97 Å². The van der Waals surface area contributed by atoms with Gasteiger partial charge < -0.3 is 24.7 Å². The van der Waals surface area contributed by atoms with Crippen LogP contribution in [-0.4, -0.2) is 75.4 Å². The van der Waals surface area contributed by atoms with Gasteiger partial charge in [-0.05, 0) is 75.6 Å². The Bertz CT molecular complexity index is 1610. The number of benzene rings is 2. The van der Waals surface area contributed by atoms with Crippen molar-refractivity contribution >= 4 is 28.2 Å². The zero-order chi connectivity index (χ0) is 29.0. The van der Waals surface area contributed by atoms with Gasteiger partial charge in [0.15, 0.2) is 0 Å². The first-order valence-electron chi connectivity index (χ1n) is 14.8. The maximum Gasteiger partial charge on any atom is 0.318 e. The summed E-state index contributed by atoms with van der Waals surface area (Å²) in [4.78, 5) is 29.8. The van der Waals surface area contributed by atoms with Crippen LogP contribution in [0.15, 0.2) is 24.3 Å². The molecule has 1 atom stereocenters. The fourth-order valence-electron chi connectivity index (χ4n) is 7.36. The molecule has 9 nitrogen and oxygen atoms in total. The van der Waals surface area contributed by atoms with Crippen molar-refractivity contribution < 1.29 is 24.1 Å². The summed E-state index contributed by atoms with van der Waals surface area (Å²) in [7, 11) is 0. The summed E-state index contributed by atoms with van der Waals surface area (Å²) >= 11 is 0. The minimum absolute atomic E-state index is 0.00723. The van der Waals surface area contributed by atoms with Gasteiger partial charge in [0, 0.05) is 24.5 Å². The molecule has 10 heteroatoms. The number of phenols is 1. The van der Waals surface area contributed by atoms with Gasteiger partial charge in [0.2, 0.25) is 0 Å². The van der Waals surface area contributed by atoms with Crippen LogP contribution in [0, 0.1) is 18.2 Å². The monoisotopic (exact) mass is 571 g/mol. The van der Waals surface area contributed by atoms with Crippen molar-refractivity contribution in [3.8, 4) is 24.1 Å². The van der Waals surface area contributed by atoms with E-state index >= 15 is 0 Å². The van der Waals surface area contributed by atoms with E-state index in [0.717, 1.165) is 45.2 Å². The van der Waals surface area contributed by atoms with Crippen molar-refractivity contribution in [1.82, 2.24) is 14.9 Å². The van der Waals surface area contributed by atoms with Crippen LogP contribution in [0.5, 0.6) is 11.8 Å². The van der Waals surface area contributed by atoms with Crippen molar-refractivity contribution in [2.45, 2.75) is 63.1 Å². The molecule has 0 aliphatic carbocycles. The number of amides is 1. The van der Waals surface area contributed by atoms with Crippen LogP contribution in [0.25, 0.3) is 10.8 Å². The quantitative estimate of drug-likeness (QED) is 0.444. The molecule has 218 valence electrons. The van der Waals surface area contributed by atoms with E-state index in [1.54, 1.807) is 0 Å². The van der Waals surface area contributed by atoms with Gasteiger partial charge in [0.1, 0.15) is 29.6 Å². The van der Waals surface area contributed by atoms with Crippen LogP contribution >= 0.6 is 0 Å². The lowest BCUT2D eigenvalue weighted by Gasteiger charge is -2.31. The van der Waals surface area contributed by atoms with Gasteiger partial charge >= 0.3 is 6.01 Å². The number of halogens is 1. The highest BCUT2D eigenvalue weighted by molar-refractivity contribution is 6.16. The van der Waals surface area contributed by atoms with Gasteiger partial charge in [0.25, 0.3) is 5.91 Å². The Morgan fingerprint density at radius 2 is 1.90 bits per heavy atom. The number of aliphatic hydroxyl groups excluding tert-OH is 1. The Morgan fingerprint density at radius 1 is 1.10 bits per heavy atom. The number of carbonyl (C=O) groups is 1. The number of nitrogens with zero attached hydrogens (tertiary/aromatic N) is 5. The fraction of sp³-hybridized carbons (Fsp3) is 0.469. The Kier molecular flexibility index (Phi) is 6.67. The van der Waals surface area contributed by atoms with E-state index < -0.39 is 11.9 Å². The first-order valence-corrected chi connectivity index (χ1v) is 14.8. The number of terminal acetylenes is 1. The minimum Gasteiger partial charge on any atom is -0.508 e. The van der Waals surface area contributed by atoms with Crippen LogP contribution in [0.1, 0.15) is 66.6 Å². The van der Waals surface area contributed by atoms with Crippen molar-refractivity contribution in [2.24, 2.45) is 0 Å². The summed E-state index contributed by atoms with van der Waals surface area (Å²) in [6.45, 7) is 3.91. The molecule has 3 saturated heterocycles. The standard InChI is InChI=1S/C32H34FN5O4/c1-2-23-24(33)8-7-20-16-22(40)17-26(27(20)23)38-18-25-28(30(38)41)29(36-12-3-6-21(39)9-15-36)35-31(34-25)42-19-32-10-4-13-37(32)14-5-11-32/h1,7-8,16-17,21,39-40H,3-6,9-15,18-19H2. The number of aromatic nitrogens is 2. The largest absolute Gasteiger partial charge is 0.508 e. The van der Waals surface area contributed by atoms with Crippen LogP contribution < -0.4 is 14.5 Å². The first kappa shape index (κ1) is 26.9. The molecule has 2 aromatic carbocycles. The van der Waals surface area contributed by atoms with Crippen LogP contribution in [-0.2, 0) is 6.54 Å². The Balaban J connectivity index is 1.30. The third-order valence-corrected chi connectivity index (χ3v) is 9.46. The number of hydrogen-bond donors (Lipinski definition) is 2. The number of phenolic OH excluding ortho intramolecular Hbond substituents is 1. The highest BCUT2D eigenvalue weighted by Gasteiger charge is 2.45. The third kappa shape index (κ3) is 4.43. The van der Waals surface area contributed by atoms with Crippen LogP contribution in [0.2, 0.25) is 0 Å². The molecule has 5 heterocycles. The smallest absolute Gasteiger partial charge is 0.318 e. The Morgan fingerprint density at radius 3 is 2.69 bits per heavy atom. The van der Waals surface area contributed by atoms with Crippen molar-refractivity contribution in [3.63, 3.8) is 0 Å². The zero-order valence-electron chi connectivity index (χ0n) is 23.5. The lowest BCUT2D eigenvalue weighted by Crippen LogP contribution is -2.43. The SMILES string of the molecule is C#Cc1c(F)ccc2cc(O)cc(N3Cc4nc(OCC56CCCN5CCC6)nc(N5CCCC(O)CC5)c4C3=O)c12. The molecule has 4 aliphatic rings. The Labute approximate surface area is 243 Å². The van der Waals surface area contributed by atoms with Crippen LogP contribution in [0.4, 0.5) is 15.9 Å². The summed E-state index contributed by atoms with van der Waals surface area (Å²) in [5, 5.41) is 21.7. The number of rotatable bonds is 5. The molecule has 42 heavy (non-hydrogen) atoms. The number of fused-ring (bicyclic) bond motifs is 3. The van der Waals surface area contributed by atoms with Gasteiger partial charge in [-0.3, -0.25) is 9.69 Å². The number of hydrogen-bond acceptors (Lipinski definition) is 8. The second-order valence-electron chi connectivity index (χ2n) is 12.0. The van der Waals surface area contributed by atoms with E-state index in [2.05, 4.69) is 10.8 Å². The van der Waals surface area contributed by atoms with E-state index in [-0.39, 0.29) is 35.3 Å². The average Bonchev–Trinajstić information content (AvgIpc) is 3.60. The molecule has 0 spiro atoms. The highest BCUT2D eigenvalue weighted by Crippen LogP contribution is 2.42. The summed E-state index contributed by atoms with van der Waals surface area (Å²) < 4.78 is 21.1. The van der Waals surface area contributed by atoms with E-state index in [0.29, 0.717) is 66.1 Å². The van der Waals surface area contributed by atoms with Gasteiger partial charge in [0.05, 0.1) is 35.1 Å². The molecule has 1 unspecified atom stereocenters. The predicted octanol–water partition coefficient (Wildman–Crippen LogP) is 3.97. The van der Waals surface area contributed by atoms with Gasteiger partial charge in [-0.25, -0.2) is 4.39 Å². The molecule has 0 bridgehead atoms. The van der Waals surface area contributed by atoms with Crippen molar-refractivity contribution in [3.05, 3.63) is 46.9 Å². The van der Waals surface area contributed by atoms with Crippen LogP contribution in [0.3, 0.4) is 0 Å². The molecule has 0 saturated carbocycles. The molecule has 4 aliphatic heterocycles. The zero-order valence-corrected chi connectivity index (χ0v) is 23.5. The molecule has 0 radical (unpaired) electrons. The average molecular weight is 572 g/mol. The number of ether oxygens (including phenoxy) is 1. The summed E-state index contributed by atoms with van der Waals surface area (Å²) in [5.41, 5.74) is 1.21. The molecule has 3 fully saturated rings. The second-order valence-corrected chi connectivity index (χ2v) is 12.0. The van der Waals surface area contributed by atoms with E-state index in [4.69, 9.17) is 21.1 Å². The molecule has 1 aromatic heterocycles. The fourth-order valence-corrected chi connectivity index (χ4v) is 7.36. The second kappa shape index (κ2) is 10.4. The lowest BCUT2D eigenvalue weighted by atomic mass is 9.95. The van der Waals surface area contributed by atoms with E-state index in [9.17, 15) is 19.4 Å². The first-order chi connectivity index (χ1) is 20.4. The molecule has 1 amide bonds. The van der Waals surface area contributed by atoms with Crippen molar-refractivity contribution in [1.29, 1.82) is 0 Å². The van der Waals surface area contributed by atoms with Crippen molar-refractivity contribution in [2.75, 3.05) is 42.6 Å². The number of carbonyl (C=O) groups excluding carboxylic acids is 1. The lowest BCUT2D eigenvalue weighted by molar-refractivity contribution is 0.0996. The number of aliphatic hydroxyl groups is 1. The highest BCUT2D eigenvalue weighted by atomic mass is 19.1. The minimum atomic E-state index is -0.576. The summed E-state index contributed by atoms with van der Waals surface area (Å²) in [6.07, 6.45) is 11.8. The van der Waals surface area contributed by atoms with E-state index in [1.165, 1.54) is 29.2 Å². The molecule has 3 aromatic rings. The topological polar surface area (TPSA) is 102 Å². The molecular weight excluding hydrogens is 537 g/mol. The summed E-state index contributed by atoms with van der Waals surface area (Å²) in [6, 6.07) is 5.97. The third-order valence-electron chi connectivity index (χ3n) is 9.46. The summed E-state index contributed by atoms with van der Waals surface area (Å²) in [5.74, 6) is 1.91. The normalized spacial score (nSPS) is 21.8. The number of aromatic hydroxyl groups is 1. The molecule has 7 rings (SSSR count). The maximum absolute atomic E-state index is 14.8. The molecular formula is C32H34FN5O4. The van der Waals surface area contributed by atoms with Gasteiger partial charge in [-0.15, -0.1) is 6.42 Å². The maximum atomic E-state index is 14.8. The Hall–Kier alpha value is -3.94.